The molecule has 1 aromatic rings. The monoisotopic (exact) mass is 212 g/mol. The Morgan fingerprint density at radius 2 is 1.93 bits per heavy atom. The number of nitrogen functional groups attached to an aromatic ring is 1. The summed E-state index contributed by atoms with van der Waals surface area (Å²) in [7, 11) is -3.19. The molecule has 1 saturated carbocycles. The summed E-state index contributed by atoms with van der Waals surface area (Å²) in [6, 6.07) is 6.85. The Hall–Kier alpha value is -1.23. The van der Waals surface area contributed by atoms with Crippen LogP contribution in [0.3, 0.4) is 0 Å². The summed E-state index contributed by atoms with van der Waals surface area (Å²) >= 11 is 0. The number of nitrogens with two attached hydrogens (primary N) is 1. The Morgan fingerprint density at radius 3 is 2.50 bits per heavy atom. The second-order valence-electron chi connectivity index (χ2n) is 3.43. The number of rotatable bonds is 3. The number of nitrogens with one attached hydrogen (secondary N) is 1. The summed E-state index contributed by atoms with van der Waals surface area (Å²) in [5.74, 6) is 0. The zero-order chi connectivity index (χ0) is 10.2. The Morgan fingerprint density at radius 1 is 1.29 bits per heavy atom. The Balaban J connectivity index is 2.22. The molecule has 0 aliphatic heterocycles. The number of sulfonamides is 1. The fourth-order valence-corrected chi connectivity index (χ4v) is 2.62. The molecule has 0 radical (unpaired) electrons. The third-order valence-corrected chi connectivity index (χ3v) is 4.03. The summed E-state index contributed by atoms with van der Waals surface area (Å²) in [6.07, 6.45) is 1.50. The molecule has 3 N–H and O–H groups in total. The van der Waals surface area contributed by atoms with E-state index < -0.39 is 10.0 Å². The van der Waals surface area contributed by atoms with E-state index in [0.717, 1.165) is 12.8 Å². The van der Waals surface area contributed by atoms with E-state index in [9.17, 15) is 8.42 Å². The van der Waals surface area contributed by atoms with Gasteiger partial charge in [-0.05, 0) is 25.0 Å². The van der Waals surface area contributed by atoms with Crippen LogP contribution in [0.5, 0.6) is 0 Å². The standard InChI is InChI=1S/C9H12N2O2S/c10-8-3-1-2-4-9(8)11-14(12,13)7-5-6-7/h1-4,7,11H,5-6,10H2. The molecule has 1 fully saturated rings. The number of benzene rings is 1. The molecule has 0 aromatic heterocycles. The number of hydrogen-bond acceptors (Lipinski definition) is 3. The minimum Gasteiger partial charge on any atom is -0.397 e. The van der Waals surface area contributed by atoms with Crippen molar-refractivity contribution in [2.45, 2.75) is 18.1 Å². The first kappa shape index (κ1) is 9.33. The van der Waals surface area contributed by atoms with E-state index in [4.69, 9.17) is 5.73 Å². The van der Waals surface area contributed by atoms with Gasteiger partial charge in [0.2, 0.25) is 10.0 Å². The quantitative estimate of drug-likeness (QED) is 0.739. The number of para-hydroxylation sites is 2. The van der Waals surface area contributed by atoms with E-state index in [2.05, 4.69) is 4.72 Å². The van der Waals surface area contributed by atoms with Crippen LogP contribution in [0.25, 0.3) is 0 Å². The minimum absolute atomic E-state index is 0.220. The molecule has 0 bridgehead atoms. The predicted octanol–water partition coefficient (Wildman–Crippen LogP) is 1.17. The molecule has 1 aromatic carbocycles. The van der Waals surface area contributed by atoms with Crippen LogP contribution in [0.2, 0.25) is 0 Å². The molecule has 0 spiro atoms. The maximum atomic E-state index is 11.5. The van der Waals surface area contributed by atoms with Gasteiger partial charge in [0, 0.05) is 0 Å². The zero-order valence-electron chi connectivity index (χ0n) is 7.60. The predicted molar refractivity (Wildman–Crippen MR) is 56.4 cm³/mol. The highest BCUT2D eigenvalue weighted by molar-refractivity contribution is 7.93. The van der Waals surface area contributed by atoms with Crippen molar-refractivity contribution in [3.05, 3.63) is 24.3 Å². The van der Waals surface area contributed by atoms with Crippen molar-refractivity contribution in [1.29, 1.82) is 0 Å². The van der Waals surface area contributed by atoms with Gasteiger partial charge in [0.1, 0.15) is 0 Å². The van der Waals surface area contributed by atoms with Gasteiger partial charge in [-0.15, -0.1) is 0 Å². The van der Waals surface area contributed by atoms with Gasteiger partial charge in [-0.2, -0.15) is 0 Å². The maximum absolute atomic E-state index is 11.5. The van der Waals surface area contributed by atoms with E-state index >= 15 is 0 Å². The summed E-state index contributed by atoms with van der Waals surface area (Å²) < 4.78 is 25.6. The van der Waals surface area contributed by atoms with Crippen LogP contribution in [0, 0.1) is 0 Å². The van der Waals surface area contributed by atoms with Gasteiger partial charge in [-0.1, -0.05) is 12.1 Å². The van der Waals surface area contributed by atoms with Crippen LogP contribution in [0.15, 0.2) is 24.3 Å². The molecule has 1 aliphatic rings. The first-order valence-electron chi connectivity index (χ1n) is 4.46. The van der Waals surface area contributed by atoms with Crippen molar-refractivity contribution >= 4 is 21.4 Å². The molecule has 76 valence electrons. The lowest BCUT2D eigenvalue weighted by Gasteiger charge is -2.08. The van der Waals surface area contributed by atoms with Crippen molar-refractivity contribution in [2.75, 3.05) is 10.5 Å². The summed E-state index contributed by atoms with van der Waals surface area (Å²) in [4.78, 5) is 0. The molecule has 14 heavy (non-hydrogen) atoms. The van der Waals surface area contributed by atoms with E-state index in [1.165, 1.54) is 0 Å². The fraction of sp³-hybridized carbons (Fsp3) is 0.333. The Kier molecular flexibility index (Phi) is 2.11. The van der Waals surface area contributed by atoms with Crippen LogP contribution in [0.4, 0.5) is 11.4 Å². The average molecular weight is 212 g/mol. The first-order valence-corrected chi connectivity index (χ1v) is 6.00. The molecule has 5 heteroatoms. The lowest BCUT2D eigenvalue weighted by molar-refractivity contribution is 0.600. The zero-order valence-corrected chi connectivity index (χ0v) is 8.42. The molecular weight excluding hydrogens is 200 g/mol. The van der Waals surface area contributed by atoms with E-state index in [-0.39, 0.29) is 5.25 Å². The molecule has 1 aliphatic carbocycles. The second kappa shape index (κ2) is 3.16. The van der Waals surface area contributed by atoms with Crippen molar-refractivity contribution in [1.82, 2.24) is 0 Å². The SMILES string of the molecule is Nc1ccccc1NS(=O)(=O)C1CC1. The van der Waals surface area contributed by atoms with Crippen molar-refractivity contribution < 1.29 is 8.42 Å². The van der Waals surface area contributed by atoms with E-state index in [1.54, 1.807) is 24.3 Å². The number of anilines is 2. The van der Waals surface area contributed by atoms with Crippen LogP contribution in [-0.2, 0) is 10.0 Å². The molecule has 0 unspecified atom stereocenters. The summed E-state index contributed by atoms with van der Waals surface area (Å²) in [5.41, 5.74) is 6.55. The molecule has 4 nitrogen and oxygen atoms in total. The lowest BCUT2D eigenvalue weighted by atomic mass is 10.3. The van der Waals surface area contributed by atoms with Crippen molar-refractivity contribution in [3.63, 3.8) is 0 Å². The van der Waals surface area contributed by atoms with E-state index in [0.29, 0.717) is 11.4 Å². The maximum Gasteiger partial charge on any atom is 0.235 e. The van der Waals surface area contributed by atoms with Crippen LogP contribution in [0.1, 0.15) is 12.8 Å². The van der Waals surface area contributed by atoms with Gasteiger partial charge < -0.3 is 5.73 Å². The highest BCUT2D eigenvalue weighted by atomic mass is 32.2. The van der Waals surface area contributed by atoms with Gasteiger partial charge >= 0.3 is 0 Å². The largest absolute Gasteiger partial charge is 0.397 e. The first-order chi connectivity index (χ1) is 6.59. The molecule has 0 amide bonds. The smallest absolute Gasteiger partial charge is 0.235 e. The van der Waals surface area contributed by atoms with Crippen molar-refractivity contribution in [2.24, 2.45) is 0 Å². The fourth-order valence-electron chi connectivity index (χ4n) is 1.20. The van der Waals surface area contributed by atoms with Gasteiger partial charge in [0.15, 0.2) is 0 Å². The average Bonchev–Trinajstić information content (AvgIpc) is 2.91. The van der Waals surface area contributed by atoms with Gasteiger partial charge in [0.05, 0.1) is 16.6 Å². The Labute approximate surface area is 83.2 Å². The van der Waals surface area contributed by atoms with Gasteiger partial charge in [0.25, 0.3) is 0 Å². The summed E-state index contributed by atoms with van der Waals surface area (Å²) in [5, 5.41) is -0.220. The second-order valence-corrected chi connectivity index (χ2v) is 5.39. The van der Waals surface area contributed by atoms with Crippen molar-refractivity contribution in [3.8, 4) is 0 Å². The normalized spacial score (nSPS) is 16.6. The molecule has 0 saturated heterocycles. The molecule has 2 rings (SSSR count). The third kappa shape index (κ3) is 1.82. The van der Waals surface area contributed by atoms with Crippen LogP contribution in [-0.4, -0.2) is 13.7 Å². The highest BCUT2D eigenvalue weighted by Gasteiger charge is 2.35. The summed E-state index contributed by atoms with van der Waals surface area (Å²) in [6.45, 7) is 0. The van der Waals surface area contributed by atoms with Gasteiger partial charge in [-0.25, -0.2) is 8.42 Å². The highest BCUT2D eigenvalue weighted by Crippen LogP contribution is 2.30. The number of hydrogen-bond donors (Lipinski definition) is 2. The van der Waals surface area contributed by atoms with E-state index in [1.807, 2.05) is 0 Å². The van der Waals surface area contributed by atoms with Crippen LogP contribution >= 0.6 is 0 Å². The lowest BCUT2D eigenvalue weighted by Crippen LogP contribution is -2.18. The van der Waals surface area contributed by atoms with Crippen LogP contribution < -0.4 is 10.5 Å². The third-order valence-electron chi connectivity index (χ3n) is 2.18. The minimum atomic E-state index is -3.19. The molecular formula is C9H12N2O2S. The Bertz CT molecular complexity index is 438. The molecule has 0 heterocycles. The topological polar surface area (TPSA) is 72.2 Å². The van der Waals surface area contributed by atoms with Gasteiger partial charge in [-0.3, -0.25) is 4.72 Å². The molecule has 0 atom stereocenters.